The summed E-state index contributed by atoms with van der Waals surface area (Å²) in [5, 5.41) is 5.06. The van der Waals surface area contributed by atoms with Crippen molar-refractivity contribution in [2.24, 2.45) is 0 Å². The van der Waals surface area contributed by atoms with Crippen LogP contribution in [0, 0.1) is 0 Å². The molecule has 1 unspecified atom stereocenters. The summed E-state index contributed by atoms with van der Waals surface area (Å²) in [7, 11) is 0. The number of ether oxygens (including phenoxy) is 2. The zero-order chi connectivity index (χ0) is 19.1. The lowest BCUT2D eigenvalue weighted by Crippen LogP contribution is -2.50. The fourth-order valence-corrected chi connectivity index (χ4v) is 2.78. The summed E-state index contributed by atoms with van der Waals surface area (Å²) < 4.78 is 11.0. The molecule has 1 atom stereocenters. The molecule has 1 heterocycles. The van der Waals surface area contributed by atoms with Gasteiger partial charge in [0.05, 0.1) is 23.9 Å². The highest BCUT2D eigenvalue weighted by Gasteiger charge is 2.30. The van der Waals surface area contributed by atoms with Gasteiger partial charge in [0.1, 0.15) is 6.61 Å². The van der Waals surface area contributed by atoms with E-state index in [1.165, 1.54) is 6.08 Å². The topological polar surface area (TPSA) is 93.7 Å². The summed E-state index contributed by atoms with van der Waals surface area (Å²) in [6.07, 6.45) is 2.88. The monoisotopic (exact) mass is 422 g/mol. The number of carbonyl (C=O) groups is 3. The van der Waals surface area contributed by atoms with Crippen LogP contribution in [-0.4, -0.2) is 37.2 Å². The SMILES string of the molecule is CCOC(=O)C1=C(COC(=O)C=Cc2cccc(Br)c2)NC(=O)NC1C. The maximum atomic E-state index is 12.1. The fraction of sp³-hybridized carbons (Fsp3) is 0.278. The molecule has 138 valence electrons. The molecule has 0 radical (unpaired) electrons. The Balaban J connectivity index is 2.06. The Morgan fingerprint density at radius 3 is 2.77 bits per heavy atom. The number of amides is 2. The maximum absolute atomic E-state index is 12.1. The van der Waals surface area contributed by atoms with E-state index in [-0.39, 0.29) is 24.5 Å². The van der Waals surface area contributed by atoms with Crippen molar-refractivity contribution in [1.29, 1.82) is 0 Å². The molecule has 26 heavy (non-hydrogen) atoms. The van der Waals surface area contributed by atoms with Gasteiger partial charge in [0.15, 0.2) is 0 Å². The summed E-state index contributed by atoms with van der Waals surface area (Å²) in [6, 6.07) is 6.39. The number of halogens is 1. The van der Waals surface area contributed by atoms with Crippen LogP contribution in [0.3, 0.4) is 0 Å². The van der Waals surface area contributed by atoms with Crippen molar-refractivity contribution in [2.45, 2.75) is 19.9 Å². The summed E-state index contributed by atoms with van der Waals surface area (Å²) in [5.41, 5.74) is 1.27. The van der Waals surface area contributed by atoms with Crippen molar-refractivity contribution >= 4 is 40.0 Å². The molecule has 0 bridgehead atoms. The van der Waals surface area contributed by atoms with Gasteiger partial charge in [0, 0.05) is 10.5 Å². The summed E-state index contributed by atoms with van der Waals surface area (Å²) in [6.45, 7) is 3.30. The Hall–Kier alpha value is -2.61. The smallest absolute Gasteiger partial charge is 0.338 e. The highest BCUT2D eigenvalue weighted by Crippen LogP contribution is 2.15. The van der Waals surface area contributed by atoms with E-state index >= 15 is 0 Å². The van der Waals surface area contributed by atoms with Gasteiger partial charge in [-0.1, -0.05) is 28.1 Å². The molecule has 2 N–H and O–H groups in total. The Kier molecular flexibility index (Phi) is 6.97. The van der Waals surface area contributed by atoms with Crippen LogP contribution in [-0.2, 0) is 19.1 Å². The van der Waals surface area contributed by atoms with Crippen LogP contribution < -0.4 is 10.6 Å². The molecule has 8 heteroatoms. The van der Waals surface area contributed by atoms with E-state index in [0.29, 0.717) is 0 Å². The van der Waals surface area contributed by atoms with Crippen LogP contribution in [0.15, 0.2) is 46.1 Å². The minimum Gasteiger partial charge on any atom is -0.463 e. The van der Waals surface area contributed by atoms with Crippen molar-refractivity contribution < 1.29 is 23.9 Å². The van der Waals surface area contributed by atoms with E-state index in [0.717, 1.165) is 10.0 Å². The summed E-state index contributed by atoms with van der Waals surface area (Å²) in [4.78, 5) is 35.6. The zero-order valence-corrected chi connectivity index (χ0v) is 16.0. The highest BCUT2D eigenvalue weighted by molar-refractivity contribution is 9.10. The predicted molar refractivity (Wildman–Crippen MR) is 98.9 cm³/mol. The third kappa shape index (κ3) is 5.45. The van der Waals surface area contributed by atoms with Crippen LogP contribution in [0.25, 0.3) is 6.08 Å². The Bertz CT molecular complexity index is 773. The van der Waals surface area contributed by atoms with Gasteiger partial charge in [-0.25, -0.2) is 14.4 Å². The van der Waals surface area contributed by atoms with Crippen LogP contribution in [0.2, 0.25) is 0 Å². The van der Waals surface area contributed by atoms with Crippen molar-refractivity contribution in [3.8, 4) is 0 Å². The van der Waals surface area contributed by atoms with Crippen LogP contribution in [0.4, 0.5) is 4.79 Å². The Morgan fingerprint density at radius 2 is 2.08 bits per heavy atom. The quantitative estimate of drug-likeness (QED) is 0.542. The van der Waals surface area contributed by atoms with Gasteiger partial charge in [0.2, 0.25) is 0 Å². The first-order valence-electron chi connectivity index (χ1n) is 7.98. The van der Waals surface area contributed by atoms with E-state index in [1.807, 2.05) is 24.3 Å². The van der Waals surface area contributed by atoms with Gasteiger partial charge in [0.25, 0.3) is 0 Å². The minimum atomic E-state index is -0.596. The number of rotatable bonds is 6. The molecule has 0 fully saturated rings. The van der Waals surface area contributed by atoms with Crippen LogP contribution in [0.5, 0.6) is 0 Å². The molecule has 1 aromatic carbocycles. The van der Waals surface area contributed by atoms with Gasteiger partial charge in [-0.3, -0.25) is 0 Å². The number of benzene rings is 1. The van der Waals surface area contributed by atoms with Crippen LogP contribution in [0.1, 0.15) is 19.4 Å². The Morgan fingerprint density at radius 1 is 1.31 bits per heavy atom. The average molecular weight is 423 g/mol. The van der Waals surface area contributed by atoms with Crippen LogP contribution >= 0.6 is 15.9 Å². The number of hydrogen-bond donors (Lipinski definition) is 2. The third-order valence-electron chi connectivity index (χ3n) is 3.48. The maximum Gasteiger partial charge on any atom is 0.338 e. The number of urea groups is 1. The summed E-state index contributed by atoms with van der Waals surface area (Å²) in [5.74, 6) is -1.16. The number of nitrogens with one attached hydrogen (secondary N) is 2. The average Bonchev–Trinajstić information content (AvgIpc) is 2.57. The molecule has 0 saturated carbocycles. The molecular formula is C18H19BrN2O5. The van der Waals surface area contributed by atoms with Gasteiger partial charge in [-0.15, -0.1) is 0 Å². The van der Waals surface area contributed by atoms with Gasteiger partial charge in [-0.05, 0) is 37.6 Å². The second kappa shape index (κ2) is 9.19. The molecule has 2 rings (SSSR count). The summed E-state index contributed by atoms with van der Waals surface area (Å²) >= 11 is 3.35. The molecule has 1 aromatic rings. The lowest BCUT2D eigenvalue weighted by Gasteiger charge is -2.26. The fourth-order valence-electron chi connectivity index (χ4n) is 2.36. The van der Waals surface area contributed by atoms with E-state index in [2.05, 4.69) is 26.6 Å². The largest absolute Gasteiger partial charge is 0.463 e. The second-order valence-electron chi connectivity index (χ2n) is 5.43. The molecule has 0 aliphatic carbocycles. The molecule has 0 aromatic heterocycles. The minimum absolute atomic E-state index is 0.200. The van der Waals surface area contributed by atoms with Gasteiger partial charge < -0.3 is 20.1 Å². The Labute approximate surface area is 159 Å². The lowest BCUT2D eigenvalue weighted by molar-refractivity contribution is -0.140. The van der Waals surface area contributed by atoms with E-state index in [9.17, 15) is 14.4 Å². The predicted octanol–water partition coefficient (Wildman–Crippen LogP) is 2.52. The van der Waals surface area contributed by atoms with E-state index in [1.54, 1.807) is 19.9 Å². The number of hydrogen-bond acceptors (Lipinski definition) is 5. The highest BCUT2D eigenvalue weighted by atomic mass is 79.9. The van der Waals surface area contributed by atoms with E-state index in [4.69, 9.17) is 9.47 Å². The first-order valence-corrected chi connectivity index (χ1v) is 8.78. The third-order valence-corrected chi connectivity index (χ3v) is 3.98. The standard InChI is InChI=1S/C18H19BrN2O5/c1-3-25-17(23)16-11(2)20-18(24)21-14(16)10-26-15(22)8-7-12-5-4-6-13(19)9-12/h4-9,11H,3,10H2,1-2H3,(H2,20,21,24). The molecular weight excluding hydrogens is 404 g/mol. The molecule has 0 saturated heterocycles. The first-order chi connectivity index (χ1) is 12.4. The number of carbonyl (C=O) groups excluding carboxylic acids is 3. The first kappa shape index (κ1) is 19.7. The second-order valence-corrected chi connectivity index (χ2v) is 6.34. The molecule has 0 spiro atoms. The van der Waals surface area contributed by atoms with Crippen molar-refractivity contribution in [3.05, 3.63) is 51.6 Å². The normalized spacial score (nSPS) is 16.9. The van der Waals surface area contributed by atoms with Gasteiger partial charge in [-0.2, -0.15) is 0 Å². The van der Waals surface area contributed by atoms with Crippen molar-refractivity contribution in [3.63, 3.8) is 0 Å². The van der Waals surface area contributed by atoms with Gasteiger partial charge >= 0.3 is 18.0 Å². The van der Waals surface area contributed by atoms with Crippen molar-refractivity contribution in [2.75, 3.05) is 13.2 Å². The molecule has 1 aliphatic heterocycles. The molecule has 2 amide bonds. The molecule has 1 aliphatic rings. The lowest BCUT2D eigenvalue weighted by atomic mass is 10.0. The number of esters is 2. The van der Waals surface area contributed by atoms with E-state index < -0.39 is 24.0 Å². The van der Waals surface area contributed by atoms with Crippen molar-refractivity contribution in [1.82, 2.24) is 10.6 Å². The molecule has 7 nitrogen and oxygen atoms in total. The zero-order valence-electron chi connectivity index (χ0n) is 14.4.